The van der Waals surface area contributed by atoms with E-state index in [1.807, 2.05) is 0 Å². The van der Waals surface area contributed by atoms with E-state index >= 15 is 0 Å². The SMILES string of the molecule is Cc1cc(Oc2nc3c(C)cccn3c(=O)c2C=C(C#N)S(=O)(=O)c2ccccc2)ccc1Cl. The Morgan fingerprint density at radius 1 is 1.09 bits per heavy atom. The van der Waals surface area contributed by atoms with Gasteiger partial charge in [0.15, 0.2) is 0 Å². The zero-order chi connectivity index (χ0) is 24.5. The van der Waals surface area contributed by atoms with Crippen LogP contribution in [0.25, 0.3) is 11.7 Å². The van der Waals surface area contributed by atoms with Crippen LogP contribution in [0.4, 0.5) is 0 Å². The van der Waals surface area contributed by atoms with Crippen LogP contribution in [0.3, 0.4) is 0 Å². The van der Waals surface area contributed by atoms with Gasteiger partial charge in [-0.3, -0.25) is 9.20 Å². The number of nitriles is 1. The van der Waals surface area contributed by atoms with Gasteiger partial charge in [-0.25, -0.2) is 8.42 Å². The van der Waals surface area contributed by atoms with E-state index in [0.717, 1.165) is 11.6 Å². The number of ether oxygens (including phenoxy) is 1. The van der Waals surface area contributed by atoms with Crippen molar-refractivity contribution in [3.8, 4) is 17.7 Å². The summed E-state index contributed by atoms with van der Waals surface area (Å²) in [6.45, 7) is 3.58. The molecule has 0 saturated carbocycles. The van der Waals surface area contributed by atoms with Crippen molar-refractivity contribution in [3.63, 3.8) is 0 Å². The normalized spacial score (nSPS) is 11.9. The van der Waals surface area contributed by atoms with Crippen LogP contribution in [0.2, 0.25) is 5.02 Å². The van der Waals surface area contributed by atoms with Crippen LogP contribution >= 0.6 is 11.6 Å². The molecule has 0 radical (unpaired) electrons. The Balaban J connectivity index is 1.97. The van der Waals surface area contributed by atoms with Crippen molar-refractivity contribution >= 4 is 33.2 Å². The molecule has 0 aliphatic rings. The minimum absolute atomic E-state index is 0.0664. The van der Waals surface area contributed by atoms with Crippen LogP contribution in [-0.2, 0) is 9.84 Å². The molecule has 9 heteroatoms. The molecule has 2 heterocycles. The third-order valence-corrected chi connectivity index (χ3v) is 7.23. The van der Waals surface area contributed by atoms with E-state index in [1.165, 1.54) is 22.7 Å². The minimum Gasteiger partial charge on any atom is -0.438 e. The number of rotatable bonds is 5. The van der Waals surface area contributed by atoms with Gasteiger partial charge in [0.1, 0.15) is 27.9 Å². The predicted molar refractivity (Wildman–Crippen MR) is 130 cm³/mol. The highest BCUT2D eigenvalue weighted by atomic mass is 35.5. The van der Waals surface area contributed by atoms with Gasteiger partial charge in [-0.15, -0.1) is 0 Å². The van der Waals surface area contributed by atoms with Crippen molar-refractivity contribution in [2.24, 2.45) is 0 Å². The number of halogens is 1. The smallest absolute Gasteiger partial charge is 0.269 e. The topological polar surface area (TPSA) is 102 Å². The Morgan fingerprint density at radius 3 is 2.50 bits per heavy atom. The molecule has 2 aromatic carbocycles. The summed E-state index contributed by atoms with van der Waals surface area (Å²) in [6.07, 6.45) is 2.52. The van der Waals surface area contributed by atoms with Gasteiger partial charge in [0.25, 0.3) is 5.56 Å². The number of allylic oxidation sites excluding steroid dienone is 1. The van der Waals surface area contributed by atoms with E-state index < -0.39 is 20.3 Å². The average molecular weight is 492 g/mol. The number of hydrogen-bond acceptors (Lipinski definition) is 6. The zero-order valence-corrected chi connectivity index (χ0v) is 19.8. The molecule has 34 heavy (non-hydrogen) atoms. The Labute approximate surface area is 201 Å². The van der Waals surface area contributed by atoms with Crippen LogP contribution in [-0.4, -0.2) is 17.8 Å². The molecule has 0 aliphatic carbocycles. The van der Waals surface area contributed by atoms with Gasteiger partial charge >= 0.3 is 0 Å². The number of nitrogens with zero attached hydrogens (tertiary/aromatic N) is 3. The van der Waals surface area contributed by atoms with Gasteiger partial charge in [-0.1, -0.05) is 35.9 Å². The van der Waals surface area contributed by atoms with Gasteiger partial charge in [0.05, 0.1) is 4.90 Å². The van der Waals surface area contributed by atoms with Crippen LogP contribution in [0, 0.1) is 25.2 Å². The summed E-state index contributed by atoms with van der Waals surface area (Å²) in [5.41, 5.74) is 1.05. The second-order valence-corrected chi connectivity index (χ2v) is 9.80. The van der Waals surface area contributed by atoms with Crippen molar-refractivity contribution in [1.82, 2.24) is 9.38 Å². The molecule has 0 bridgehead atoms. The highest BCUT2D eigenvalue weighted by Gasteiger charge is 2.23. The first-order chi connectivity index (χ1) is 16.2. The maximum atomic E-state index is 13.4. The summed E-state index contributed by atoms with van der Waals surface area (Å²) >= 11 is 6.10. The second kappa shape index (κ2) is 9.14. The van der Waals surface area contributed by atoms with Gasteiger partial charge in [0, 0.05) is 11.2 Å². The predicted octanol–water partition coefficient (Wildman–Crippen LogP) is 5.10. The van der Waals surface area contributed by atoms with Crippen molar-refractivity contribution in [1.29, 1.82) is 5.26 Å². The summed E-state index contributed by atoms with van der Waals surface area (Å²) in [6, 6.07) is 17.6. The van der Waals surface area contributed by atoms with E-state index in [9.17, 15) is 18.5 Å². The molecule has 4 rings (SSSR count). The standard InChI is InChI=1S/C25H18ClN3O4S/c1-16-7-6-12-29-23(16)28-24(33-18-10-11-22(26)17(2)13-18)21(25(29)30)14-20(15-27)34(31,32)19-8-4-3-5-9-19/h3-14H,1-2H3. The maximum absolute atomic E-state index is 13.4. The van der Waals surface area contributed by atoms with Crippen LogP contribution in [0.1, 0.15) is 16.7 Å². The zero-order valence-electron chi connectivity index (χ0n) is 18.2. The number of aryl methyl sites for hydroxylation is 2. The fraction of sp³-hybridized carbons (Fsp3) is 0.0800. The lowest BCUT2D eigenvalue weighted by molar-refractivity contribution is 0.460. The first-order valence-electron chi connectivity index (χ1n) is 10.1. The molecule has 2 aromatic heterocycles. The van der Waals surface area contributed by atoms with Gasteiger partial charge in [-0.2, -0.15) is 10.2 Å². The Hall–Kier alpha value is -3.93. The minimum atomic E-state index is -4.18. The molecule has 0 unspecified atom stereocenters. The number of benzene rings is 2. The number of fused-ring (bicyclic) bond motifs is 1. The fourth-order valence-corrected chi connectivity index (χ4v) is 4.59. The monoisotopic (exact) mass is 491 g/mol. The second-order valence-electron chi connectivity index (χ2n) is 7.47. The first-order valence-corrected chi connectivity index (χ1v) is 12.0. The Kier molecular flexibility index (Phi) is 6.24. The molecular formula is C25H18ClN3O4S. The summed E-state index contributed by atoms with van der Waals surface area (Å²) in [5, 5.41) is 10.2. The fourth-order valence-electron chi connectivity index (χ4n) is 3.31. The Morgan fingerprint density at radius 2 is 1.82 bits per heavy atom. The third-order valence-electron chi connectivity index (χ3n) is 5.12. The summed E-state index contributed by atoms with van der Waals surface area (Å²) in [7, 11) is -4.18. The summed E-state index contributed by atoms with van der Waals surface area (Å²) in [4.78, 5) is 17.2. The van der Waals surface area contributed by atoms with Crippen molar-refractivity contribution < 1.29 is 13.2 Å². The van der Waals surface area contributed by atoms with Gasteiger partial charge in [-0.05, 0) is 67.4 Å². The van der Waals surface area contributed by atoms with Crippen molar-refractivity contribution in [2.75, 3.05) is 0 Å². The van der Waals surface area contributed by atoms with E-state index in [-0.39, 0.29) is 16.3 Å². The van der Waals surface area contributed by atoms with Crippen LogP contribution in [0.5, 0.6) is 11.6 Å². The molecule has 7 nitrogen and oxygen atoms in total. The van der Waals surface area contributed by atoms with Crippen molar-refractivity contribution in [2.45, 2.75) is 18.7 Å². The molecular weight excluding hydrogens is 474 g/mol. The molecule has 4 aromatic rings. The third kappa shape index (κ3) is 4.31. The lowest BCUT2D eigenvalue weighted by Gasteiger charge is -2.12. The largest absolute Gasteiger partial charge is 0.438 e. The van der Waals surface area contributed by atoms with E-state index in [1.54, 1.807) is 68.4 Å². The van der Waals surface area contributed by atoms with Gasteiger partial charge < -0.3 is 4.74 Å². The van der Waals surface area contributed by atoms with Crippen LogP contribution in [0.15, 0.2) is 81.5 Å². The van der Waals surface area contributed by atoms with E-state index in [0.29, 0.717) is 22.0 Å². The summed E-state index contributed by atoms with van der Waals surface area (Å²) < 4.78 is 33.4. The molecule has 0 spiro atoms. The first kappa shape index (κ1) is 23.2. The molecule has 0 fully saturated rings. The molecule has 170 valence electrons. The summed E-state index contributed by atoms with van der Waals surface area (Å²) in [5.74, 6) is 0.225. The lowest BCUT2D eigenvalue weighted by Crippen LogP contribution is -2.20. The molecule has 0 N–H and O–H groups in total. The van der Waals surface area contributed by atoms with Gasteiger partial charge in [0.2, 0.25) is 15.7 Å². The average Bonchev–Trinajstić information content (AvgIpc) is 2.82. The van der Waals surface area contributed by atoms with Crippen molar-refractivity contribution in [3.05, 3.63) is 104 Å². The van der Waals surface area contributed by atoms with Crippen LogP contribution < -0.4 is 10.3 Å². The quantitative estimate of drug-likeness (QED) is 0.360. The number of sulfone groups is 1. The molecule has 0 atom stereocenters. The number of hydrogen-bond donors (Lipinski definition) is 0. The van der Waals surface area contributed by atoms with E-state index in [2.05, 4.69) is 4.98 Å². The van der Waals surface area contributed by atoms with E-state index in [4.69, 9.17) is 16.3 Å². The highest BCUT2D eigenvalue weighted by molar-refractivity contribution is 7.95. The highest BCUT2D eigenvalue weighted by Crippen LogP contribution is 2.29. The molecule has 0 amide bonds. The molecule has 0 aliphatic heterocycles. The molecule has 0 saturated heterocycles. The number of aromatic nitrogens is 2. The lowest BCUT2D eigenvalue weighted by atomic mass is 10.2. The number of pyridine rings is 1. The Bertz CT molecular complexity index is 1650. The maximum Gasteiger partial charge on any atom is 0.269 e.